The summed E-state index contributed by atoms with van der Waals surface area (Å²) in [5.74, 6) is -3.76. The lowest BCUT2D eigenvalue weighted by Crippen LogP contribution is -2.36. The molecule has 54 heavy (non-hydrogen) atoms. The zero-order chi connectivity index (χ0) is 39.2. The van der Waals surface area contributed by atoms with Crippen molar-refractivity contribution in [2.75, 3.05) is 29.9 Å². The first-order valence-corrected chi connectivity index (χ1v) is 17.4. The van der Waals surface area contributed by atoms with E-state index in [9.17, 15) is 24.3 Å². The molecule has 1 aliphatic heterocycles. The number of H-pyrrole nitrogens is 1. The minimum atomic E-state index is -1.39. The average molecular weight is 746 g/mol. The van der Waals surface area contributed by atoms with Gasteiger partial charge in [0.05, 0.1) is 33.1 Å². The van der Waals surface area contributed by atoms with Gasteiger partial charge in [-0.3, -0.25) is 9.69 Å². The first-order chi connectivity index (χ1) is 25.2. The number of benzene rings is 1. The number of aryl methyl sites for hydroxylation is 1. The van der Waals surface area contributed by atoms with E-state index < -0.39 is 52.0 Å². The average Bonchev–Trinajstić information content (AvgIpc) is 3.35. The van der Waals surface area contributed by atoms with Gasteiger partial charge in [0.2, 0.25) is 5.43 Å². The number of ether oxygens (including phenoxy) is 2. The van der Waals surface area contributed by atoms with Crippen molar-refractivity contribution < 1.29 is 37.7 Å². The van der Waals surface area contributed by atoms with Crippen LogP contribution in [0.1, 0.15) is 64.7 Å². The number of aromatic amines is 1. The summed E-state index contributed by atoms with van der Waals surface area (Å²) >= 11 is 0. The second-order valence-corrected chi connectivity index (χ2v) is 16.2. The Kier molecular flexibility index (Phi) is 8.38. The second-order valence-electron chi connectivity index (χ2n) is 16.2. The van der Waals surface area contributed by atoms with Gasteiger partial charge in [0.1, 0.15) is 28.1 Å². The highest BCUT2D eigenvalue weighted by molar-refractivity contribution is 6.19. The number of hydrogen-bond donors (Lipinski definition) is 3. The number of nitrogens with one attached hydrogen (secondary N) is 2. The summed E-state index contributed by atoms with van der Waals surface area (Å²) < 4.78 is 44.4. The van der Waals surface area contributed by atoms with E-state index in [1.165, 1.54) is 36.3 Å². The van der Waals surface area contributed by atoms with Gasteiger partial charge in [0.15, 0.2) is 11.6 Å². The molecule has 0 radical (unpaired) electrons. The minimum absolute atomic E-state index is 0.0161. The normalized spacial score (nSPS) is 18.5. The number of amides is 2. The van der Waals surface area contributed by atoms with Crippen LogP contribution >= 0.6 is 0 Å². The predicted octanol–water partition coefficient (Wildman–Crippen LogP) is 6.47. The number of carboxylic acid groups (broad SMARTS) is 1. The van der Waals surface area contributed by atoms with Crippen molar-refractivity contribution in [3.63, 3.8) is 0 Å². The number of aromatic carboxylic acids is 1. The van der Waals surface area contributed by atoms with Crippen LogP contribution in [0.25, 0.3) is 44.1 Å². The molecule has 0 bridgehead atoms. The van der Waals surface area contributed by atoms with E-state index in [1.807, 2.05) is 4.90 Å². The van der Waals surface area contributed by atoms with Crippen LogP contribution in [0.4, 0.5) is 29.7 Å². The van der Waals surface area contributed by atoms with Crippen LogP contribution in [0.3, 0.4) is 0 Å². The summed E-state index contributed by atoms with van der Waals surface area (Å²) in [6.45, 7) is 11.3. The standard InChI is InChI=1S/C38H41F2N7O7/c1-36(2,3)53-34(51)43-24-13-38(24)9-10-47(17-38)29-20(18-11-19-30(48)21(33(49)50)16-45(7)32(19)42-14-18)15-41-31-26(29)25-27(40)22(39)12-23(28(25)44-31)46(8)35(52)54-37(4,5)6/h11-12,14-16,24H,9-10,13,17H2,1-8H3,(H,41,44)(H,43,51)(H,49,50)/t24-,38-/m1/s1. The number of carbonyl (C=O) groups is 3. The van der Waals surface area contributed by atoms with E-state index in [0.717, 1.165) is 11.0 Å². The molecule has 1 spiro atoms. The molecule has 1 saturated carbocycles. The molecule has 4 aromatic heterocycles. The topological polar surface area (TPSA) is 172 Å². The molecule has 0 unspecified atom stereocenters. The number of rotatable bonds is 5. The molecule has 5 aromatic rings. The lowest BCUT2D eigenvalue weighted by Gasteiger charge is -2.25. The van der Waals surface area contributed by atoms with E-state index >= 15 is 8.78 Å². The Labute approximate surface area is 308 Å². The summed E-state index contributed by atoms with van der Waals surface area (Å²) in [7, 11) is 2.98. The Bertz CT molecular complexity index is 2480. The summed E-state index contributed by atoms with van der Waals surface area (Å²) in [5, 5.41) is 12.8. The van der Waals surface area contributed by atoms with Crippen molar-refractivity contribution in [1.82, 2.24) is 24.8 Å². The smallest absolute Gasteiger partial charge is 0.414 e. The van der Waals surface area contributed by atoms with E-state index in [1.54, 1.807) is 48.6 Å². The fourth-order valence-corrected chi connectivity index (χ4v) is 7.36. The van der Waals surface area contributed by atoms with Gasteiger partial charge in [-0.25, -0.2) is 33.1 Å². The fraction of sp³-hybridized carbons (Fsp3) is 0.421. The summed E-state index contributed by atoms with van der Waals surface area (Å²) in [6, 6.07) is 2.25. The number of fused-ring (bicyclic) bond motifs is 4. The van der Waals surface area contributed by atoms with Crippen molar-refractivity contribution in [2.24, 2.45) is 12.5 Å². The van der Waals surface area contributed by atoms with Crippen molar-refractivity contribution >= 4 is 62.5 Å². The number of nitrogens with zero attached hydrogens (tertiary/aromatic N) is 5. The molecule has 1 saturated heterocycles. The maximum atomic E-state index is 16.3. The van der Waals surface area contributed by atoms with E-state index in [4.69, 9.17) is 9.47 Å². The lowest BCUT2D eigenvalue weighted by molar-refractivity contribution is 0.0514. The Morgan fingerprint density at radius 2 is 1.76 bits per heavy atom. The highest BCUT2D eigenvalue weighted by atomic mass is 19.2. The Hall–Kier alpha value is -5.80. The van der Waals surface area contributed by atoms with Crippen molar-refractivity contribution in [2.45, 2.75) is 71.6 Å². The zero-order valence-corrected chi connectivity index (χ0v) is 31.2. The third kappa shape index (κ3) is 6.32. The molecule has 2 amide bonds. The van der Waals surface area contributed by atoms with Gasteiger partial charge in [0.25, 0.3) is 0 Å². The quantitative estimate of drug-likeness (QED) is 0.181. The van der Waals surface area contributed by atoms with Gasteiger partial charge in [-0.05, 0) is 60.5 Å². The maximum Gasteiger partial charge on any atom is 0.414 e. The van der Waals surface area contributed by atoms with Crippen molar-refractivity contribution in [3.05, 3.63) is 58.1 Å². The van der Waals surface area contributed by atoms with Crippen molar-refractivity contribution in [1.29, 1.82) is 0 Å². The van der Waals surface area contributed by atoms with Crippen LogP contribution in [0.5, 0.6) is 0 Å². The second kappa shape index (κ2) is 12.4. The minimum Gasteiger partial charge on any atom is -0.477 e. The van der Waals surface area contributed by atoms with E-state index in [-0.39, 0.29) is 50.1 Å². The molecule has 7 rings (SSSR count). The maximum absolute atomic E-state index is 16.3. The summed E-state index contributed by atoms with van der Waals surface area (Å²) in [4.78, 5) is 66.5. The number of hydrogen-bond acceptors (Lipinski definition) is 9. The predicted molar refractivity (Wildman–Crippen MR) is 198 cm³/mol. The third-order valence-corrected chi connectivity index (χ3v) is 9.91. The molecule has 1 aliphatic carbocycles. The zero-order valence-electron chi connectivity index (χ0n) is 31.2. The number of aromatic nitrogens is 4. The molecule has 2 aliphatic rings. The molecule has 5 heterocycles. The van der Waals surface area contributed by atoms with Crippen LogP contribution in [0.2, 0.25) is 0 Å². The SMILES string of the molecule is CN(C(=O)OC(C)(C)C)c1cc(F)c(F)c2c1[nH]c1ncc(-c3cnc4c(c3)c(=O)c(C(=O)O)cn4C)c(N3CC[C@@]4(C[C@H]4NC(=O)OC(C)(C)C)C3)c12. The Morgan fingerprint density at radius 1 is 1.06 bits per heavy atom. The number of alkyl carbamates (subject to hydrolysis) is 1. The molecular weight excluding hydrogens is 704 g/mol. The number of carboxylic acids is 1. The number of carbonyl (C=O) groups excluding carboxylic acids is 2. The van der Waals surface area contributed by atoms with Gasteiger partial charge < -0.3 is 34.3 Å². The number of halogens is 2. The van der Waals surface area contributed by atoms with Gasteiger partial charge in [0, 0.05) is 74.4 Å². The van der Waals surface area contributed by atoms with E-state index in [2.05, 4.69) is 20.3 Å². The van der Waals surface area contributed by atoms with Gasteiger partial charge in [-0.1, -0.05) is 0 Å². The van der Waals surface area contributed by atoms with Gasteiger partial charge in [-0.15, -0.1) is 0 Å². The molecule has 284 valence electrons. The van der Waals surface area contributed by atoms with E-state index in [0.29, 0.717) is 42.7 Å². The Morgan fingerprint density at radius 3 is 2.43 bits per heavy atom. The van der Waals surface area contributed by atoms with Crippen molar-refractivity contribution in [3.8, 4) is 11.1 Å². The number of anilines is 2. The molecule has 16 heteroatoms. The van der Waals surface area contributed by atoms with Gasteiger partial charge in [-0.2, -0.15) is 0 Å². The Balaban J connectivity index is 1.43. The third-order valence-electron chi connectivity index (χ3n) is 9.91. The first-order valence-electron chi connectivity index (χ1n) is 17.4. The first kappa shape index (κ1) is 36.6. The van der Waals surface area contributed by atoms with Gasteiger partial charge >= 0.3 is 18.2 Å². The van der Waals surface area contributed by atoms with Crippen LogP contribution in [-0.2, 0) is 16.5 Å². The summed E-state index contributed by atoms with van der Waals surface area (Å²) in [6.07, 6.45) is 4.25. The summed E-state index contributed by atoms with van der Waals surface area (Å²) in [5.41, 5.74) is -1.24. The fourth-order valence-electron chi connectivity index (χ4n) is 7.36. The monoisotopic (exact) mass is 745 g/mol. The molecular formula is C38H41F2N7O7. The molecule has 2 atom stereocenters. The molecule has 2 fully saturated rings. The van der Waals surface area contributed by atoms with Crippen LogP contribution < -0.4 is 20.5 Å². The molecule has 3 N–H and O–H groups in total. The van der Waals surface area contributed by atoms with Crippen LogP contribution in [0, 0.1) is 17.0 Å². The van der Waals surface area contributed by atoms with Crippen LogP contribution in [-0.4, -0.2) is 80.2 Å². The highest BCUT2D eigenvalue weighted by Gasteiger charge is 2.59. The number of pyridine rings is 3. The highest BCUT2D eigenvalue weighted by Crippen LogP contribution is 2.56. The molecule has 1 aromatic carbocycles. The largest absolute Gasteiger partial charge is 0.477 e. The van der Waals surface area contributed by atoms with Crippen LogP contribution in [0.15, 0.2) is 35.5 Å². The lowest BCUT2D eigenvalue weighted by atomic mass is 10.0. The molecule has 14 nitrogen and oxygen atoms in total.